The van der Waals surface area contributed by atoms with E-state index in [4.69, 9.17) is 5.73 Å². The number of nitrogens with zero attached hydrogens (tertiary/aromatic N) is 4. The van der Waals surface area contributed by atoms with Crippen molar-refractivity contribution in [3.8, 4) is 11.3 Å². The molecule has 7 heteroatoms. The fourth-order valence-electron chi connectivity index (χ4n) is 2.85. The Hall–Kier alpha value is -2.38. The molecule has 0 unspecified atom stereocenters. The lowest BCUT2D eigenvalue weighted by molar-refractivity contribution is 0.242. The number of aromatic nitrogens is 3. The molecule has 0 aliphatic carbocycles. The maximum Gasteiger partial charge on any atom is 0.220 e. The number of nitrogen functional groups attached to an aromatic ring is 1. The van der Waals surface area contributed by atoms with Crippen LogP contribution in [0.4, 0.5) is 10.3 Å². The average molecular weight is 341 g/mol. The molecule has 0 saturated carbocycles. The lowest BCUT2D eigenvalue weighted by Gasteiger charge is -2.26. The molecule has 0 amide bonds. The van der Waals surface area contributed by atoms with Gasteiger partial charge in [0.2, 0.25) is 5.95 Å². The molecule has 24 heavy (non-hydrogen) atoms. The smallest absolute Gasteiger partial charge is 0.220 e. The van der Waals surface area contributed by atoms with E-state index in [1.54, 1.807) is 23.5 Å². The van der Waals surface area contributed by atoms with Crippen LogP contribution in [0.1, 0.15) is 16.3 Å². The SMILES string of the molecule is Nc1ncc2c(n1)CCN(Cc1nc(-c3ccc(F)cc3)cs1)C2. The number of anilines is 1. The molecule has 2 aromatic heterocycles. The molecule has 0 spiro atoms. The Morgan fingerprint density at radius 1 is 1.21 bits per heavy atom. The van der Waals surface area contributed by atoms with Crippen LogP contribution >= 0.6 is 11.3 Å². The van der Waals surface area contributed by atoms with Gasteiger partial charge in [-0.25, -0.2) is 19.3 Å². The summed E-state index contributed by atoms with van der Waals surface area (Å²) in [6.45, 7) is 2.52. The van der Waals surface area contributed by atoms with Crippen molar-refractivity contribution in [2.75, 3.05) is 12.3 Å². The van der Waals surface area contributed by atoms with Gasteiger partial charge in [0.25, 0.3) is 0 Å². The molecule has 1 aliphatic heterocycles. The van der Waals surface area contributed by atoms with Gasteiger partial charge in [0, 0.05) is 42.2 Å². The molecule has 122 valence electrons. The predicted octanol–water partition coefficient (Wildman–Crippen LogP) is 2.88. The van der Waals surface area contributed by atoms with Gasteiger partial charge >= 0.3 is 0 Å². The van der Waals surface area contributed by atoms with Crippen LogP contribution in [0, 0.1) is 5.82 Å². The molecule has 3 heterocycles. The molecular formula is C17H16FN5S. The number of fused-ring (bicyclic) bond motifs is 1. The van der Waals surface area contributed by atoms with Crippen LogP contribution < -0.4 is 5.73 Å². The number of halogens is 1. The first-order valence-corrected chi connectivity index (χ1v) is 8.58. The van der Waals surface area contributed by atoms with Crippen molar-refractivity contribution in [1.82, 2.24) is 19.9 Å². The highest BCUT2D eigenvalue weighted by molar-refractivity contribution is 7.09. The summed E-state index contributed by atoms with van der Waals surface area (Å²) in [7, 11) is 0. The first kappa shape index (κ1) is 15.2. The number of rotatable bonds is 3. The van der Waals surface area contributed by atoms with Crippen LogP contribution in [0.3, 0.4) is 0 Å². The number of hydrogen-bond acceptors (Lipinski definition) is 6. The fourth-order valence-corrected chi connectivity index (χ4v) is 3.70. The van der Waals surface area contributed by atoms with Gasteiger partial charge in [0.15, 0.2) is 0 Å². The van der Waals surface area contributed by atoms with Gasteiger partial charge in [-0.15, -0.1) is 11.3 Å². The van der Waals surface area contributed by atoms with Crippen LogP contribution in [-0.2, 0) is 19.5 Å². The van der Waals surface area contributed by atoms with Crippen molar-refractivity contribution >= 4 is 17.3 Å². The molecule has 0 radical (unpaired) electrons. The van der Waals surface area contributed by atoms with E-state index >= 15 is 0 Å². The lowest BCUT2D eigenvalue weighted by Crippen LogP contribution is -2.31. The second-order valence-corrected chi connectivity index (χ2v) is 6.74. The highest BCUT2D eigenvalue weighted by Crippen LogP contribution is 2.25. The third kappa shape index (κ3) is 3.13. The zero-order chi connectivity index (χ0) is 16.5. The quantitative estimate of drug-likeness (QED) is 0.793. The molecule has 0 bridgehead atoms. The van der Waals surface area contributed by atoms with E-state index in [9.17, 15) is 4.39 Å². The second-order valence-electron chi connectivity index (χ2n) is 5.79. The second kappa shape index (κ2) is 6.26. The number of nitrogens with two attached hydrogens (primary N) is 1. The Morgan fingerprint density at radius 2 is 2.04 bits per heavy atom. The van der Waals surface area contributed by atoms with Crippen LogP contribution in [0.5, 0.6) is 0 Å². The van der Waals surface area contributed by atoms with Gasteiger partial charge in [0.1, 0.15) is 10.8 Å². The van der Waals surface area contributed by atoms with Crippen LogP contribution in [0.25, 0.3) is 11.3 Å². The number of hydrogen-bond donors (Lipinski definition) is 1. The third-order valence-electron chi connectivity index (χ3n) is 4.08. The number of thiazole rings is 1. The largest absolute Gasteiger partial charge is 0.368 e. The summed E-state index contributed by atoms with van der Waals surface area (Å²) in [5.74, 6) is 0.107. The van der Waals surface area contributed by atoms with Crippen molar-refractivity contribution in [3.63, 3.8) is 0 Å². The Labute approximate surface area is 143 Å². The van der Waals surface area contributed by atoms with Crippen molar-refractivity contribution in [1.29, 1.82) is 0 Å². The first-order valence-electron chi connectivity index (χ1n) is 7.70. The number of benzene rings is 1. The van der Waals surface area contributed by atoms with Crippen LogP contribution in [0.2, 0.25) is 0 Å². The van der Waals surface area contributed by atoms with E-state index in [1.165, 1.54) is 12.1 Å². The van der Waals surface area contributed by atoms with E-state index in [0.717, 1.165) is 53.6 Å². The Bertz CT molecular complexity index is 862. The molecule has 0 fully saturated rings. The van der Waals surface area contributed by atoms with Gasteiger partial charge in [-0.2, -0.15) is 0 Å². The summed E-state index contributed by atoms with van der Waals surface area (Å²) in [6.07, 6.45) is 2.69. The van der Waals surface area contributed by atoms with E-state index in [2.05, 4.69) is 19.9 Å². The summed E-state index contributed by atoms with van der Waals surface area (Å²) in [4.78, 5) is 15.4. The molecule has 0 atom stereocenters. The molecule has 5 nitrogen and oxygen atoms in total. The Morgan fingerprint density at radius 3 is 2.88 bits per heavy atom. The predicted molar refractivity (Wildman–Crippen MR) is 91.8 cm³/mol. The molecule has 1 aliphatic rings. The van der Waals surface area contributed by atoms with Gasteiger partial charge in [0.05, 0.1) is 17.9 Å². The summed E-state index contributed by atoms with van der Waals surface area (Å²) < 4.78 is 13.0. The standard InChI is InChI=1S/C17H16FN5S/c18-13-3-1-11(2-4-13)15-10-24-16(21-15)9-23-6-5-14-12(8-23)7-20-17(19)22-14/h1-4,7,10H,5-6,8-9H2,(H2,19,20,22). The monoisotopic (exact) mass is 341 g/mol. The molecule has 0 saturated heterocycles. The fraction of sp³-hybridized carbons (Fsp3) is 0.235. The highest BCUT2D eigenvalue weighted by atomic mass is 32.1. The van der Waals surface area contributed by atoms with E-state index < -0.39 is 0 Å². The van der Waals surface area contributed by atoms with Crippen molar-refractivity contribution < 1.29 is 4.39 Å². The Balaban J connectivity index is 1.47. The highest BCUT2D eigenvalue weighted by Gasteiger charge is 2.19. The van der Waals surface area contributed by atoms with E-state index in [1.807, 2.05) is 11.6 Å². The molecule has 3 aromatic rings. The minimum Gasteiger partial charge on any atom is -0.368 e. The zero-order valence-electron chi connectivity index (χ0n) is 12.9. The third-order valence-corrected chi connectivity index (χ3v) is 4.92. The van der Waals surface area contributed by atoms with Crippen LogP contribution in [-0.4, -0.2) is 26.4 Å². The maximum atomic E-state index is 13.0. The minimum atomic E-state index is -0.232. The average Bonchev–Trinajstić information content (AvgIpc) is 3.04. The van der Waals surface area contributed by atoms with E-state index in [0.29, 0.717) is 5.95 Å². The molecule has 4 rings (SSSR count). The van der Waals surface area contributed by atoms with Crippen molar-refractivity contribution in [2.45, 2.75) is 19.5 Å². The van der Waals surface area contributed by atoms with Crippen LogP contribution in [0.15, 0.2) is 35.8 Å². The first-order chi connectivity index (χ1) is 11.7. The van der Waals surface area contributed by atoms with E-state index in [-0.39, 0.29) is 5.82 Å². The van der Waals surface area contributed by atoms with Crippen molar-refractivity contribution in [3.05, 3.63) is 57.9 Å². The summed E-state index contributed by atoms with van der Waals surface area (Å²) >= 11 is 1.63. The summed E-state index contributed by atoms with van der Waals surface area (Å²) in [5, 5.41) is 3.07. The topological polar surface area (TPSA) is 67.9 Å². The van der Waals surface area contributed by atoms with Gasteiger partial charge in [-0.05, 0) is 24.3 Å². The summed E-state index contributed by atoms with van der Waals surface area (Å²) in [5.41, 5.74) is 9.65. The molecule has 1 aromatic carbocycles. The zero-order valence-corrected chi connectivity index (χ0v) is 13.8. The molecule has 2 N–H and O–H groups in total. The van der Waals surface area contributed by atoms with Gasteiger partial charge in [-0.3, -0.25) is 4.90 Å². The molecular weight excluding hydrogens is 325 g/mol. The lowest BCUT2D eigenvalue weighted by atomic mass is 10.1. The summed E-state index contributed by atoms with van der Waals surface area (Å²) in [6, 6.07) is 6.43. The normalized spacial score (nSPS) is 14.5. The van der Waals surface area contributed by atoms with Gasteiger partial charge < -0.3 is 5.73 Å². The Kier molecular flexibility index (Phi) is 3.95. The van der Waals surface area contributed by atoms with Gasteiger partial charge in [-0.1, -0.05) is 0 Å². The van der Waals surface area contributed by atoms with Crippen molar-refractivity contribution in [2.24, 2.45) is 0 Å². The minimum absolute atomic E-state index is 0.232. The maximum absolute atomic E-state index is 13.0.